The van der Waals surface area contributed by atoms with Gasteiger partial charge in [0, 0.05) is 30.5 Å². The number of ether oxygens (including phenoxy) is 1. The molecule has 134 valence electrons. The topological polar surface area (TPSA) is 51.4 Å². The zero-order chi connectivity index (χ0) is 17.6. The molecule has 3 rings (SSSR count). The smallest absolute Gasteiger partial charge is 0.123 e. The Kier molecular flexibility index (Phi) is 6.00. The van der Waals surface area contributed by atoms with Gasteiger partial charge in [-0.3, -0.25) is 4.98 Å². The molecule has 25 heavy (non-hydrogen) atoms. The van der Waals surface area contributed by atoms with E-state index in [0.29, 0.717) is 5.92 Å². The Labute approximate surface area is 148 Å². The van der Waals surface area contributed by atoms with Crippen LogP contribution in [0.2, 0.25) is 0 Å². The van der Waals surface area contributed by atoms with Gasteiger partial charge >= 0.3 is 0 Å². The molecule has 2 heterocycles. The molecule has 1 aliphatic rings. The minimum Gasteiger partial charge on any atom is -0.496 e. The SMILES string of the molecule is COc1ccc(F)cc1C1CCN(C[C@H](N)Cc2cccnc2)CC1. The first kappa shape index (κ1) is 17.8. The summed E-state index contributed by atoms with van der Waals surface area (Å²) < 4.78 is 19.0. The van der Waals surface area contributed by atoms with Crippen molar-refractivity contribution < 1.29 is 9.13 Å². The molecule has 1 aliphatic heterocycles. The molecule has 0 spiro atoms. The highest BCUT2D eigenvalue weighted by atomic mass is 19.1. The van der Waals surface area contributed by atoms with Crippen LogP contribution in [0.3, 0.4) is 0 Å². The molecular formula is C20H26FN3O. The minimum absolute atomic E-state index is 0.101. The van der Waals surface area contributed by atoms with E-state index in [2.05, 4.69) is 16.0 Å². The summed E-state index contributed by atoms with van der Waals surface area (Å²) in [6.45, 7) is 2.83. The van der Waals surface area contributed by atoms with Gasteiger partial charge in [-0.15, -0.1) is 0 Å². The van der Waals surface area contributed by atoms with Gasteiger partial charge in [0.1, 0.15) is 11.6 Å². The third kappa shape index (κ3) is 4.77. The Morgan fingerprint density at radius 3 is 2.80 bits per heavy atom. The summed E-state index contributed by atoms with van der Waals surface area (Å²) in [5.74, 6) is 0.932. The zero-order valence-corrected chi connectivity index (χ0v) is 14.7. The molecule has 0 unspecified atom stereocenters. The van der Waals surface area contributed by atoms with Crippen molar-refractivity contribution in [2.75, 3.05) is 26.7 Å². The number of hydrogen-bond acceptors (Lipinski definition) is 4. The van der Waals surface area contributed by atoms with Crippen molar-refractivity contribution in [3.63, 3.8) is 0 Å². The monoisotopic (exact) mass is 343 g/mol. The summed E-state index contributed by atoms with van der Waals surface area (Å²) in [5.41, 5.74) is 8.47. The van der Waals surface area contributed by atoms with Crippen molar-refractivity contribution in [1.82, 2.24) is 9.88 Å². The average Bonchev–Trinajstić information content (AvgIpc) is 2.63. The Morgan fingerprint density at radius 1 is 1.32 bits per heavy atom. The number of nitrogens with zero attached hydrogens (tertiary/aromatic N) is 2. The lowest BCUT2D eigenvalue weighted by atomic mass is 9.88. The first-order valence-corrected chi connectivity index (χ1v) is 8.86. The first-order chi connectivity index (χ1) is 12.2. The van der Waals surface area contributed by atoms with Gasteiger partial charge in [0.25, 0.3) is 0 Å². The van der Waals surface area contributed by atoms with E-state index in [1.54, 1.807) is 25.4 Å². The Balaban J connectivity index is 1.53. The van der Waals surface area contributed by atoms with Crippen LogP contribution in [-0.2, 0) is 6.42 Å². The van der Waals surface area contributed by atoms with Gasteiger partial charge in [-0.05, 0) is 68.1 Å². The van der Waals surface area contributed by atoms with Crippen LogP contribution in [0.4, 0.5) is 4.39 Å². The summed E-state index contributed by atoms with van der Waals surface area (Å²) in [6.07, 6.45) is 6.49. The van der Waals surface area contributed by atoms with Crippen molar-refractivity contribution in [1.29, 1.82) is 0 Å². The summed E-state index contributed by atoms with van der Waals surface area (Å²) in [4.78, 5) is 6.55. The van der Waals surface area contributed by atoms with Gasteiger partial charge in [-0.2, -0.15) is 0 Å². The number of halogens is 1. The van der Waals surface area contributed by atoms with Gasteiger partial charge in [0.05, 0.1) is 7.11 Å². The normalized spacial score (nSPS) is 17.4. The van der Waals surface area contributed by atoms with Gasteiger partial charge in [-0.1, -0.05) is 6.07 Å². The van der Waals surface area contributed by atoms with Crippen LogP contribution >= 0.6 is 0 Å². The molecule has 0 amide bonds. The number of methoxy groups -OCH3 is 1. The van der Waals surface area contributed by atoms with E-state index in [4.69, 9.17) is 10.5 Å². The van der Waals surface area contributed by atoms with Crippen LogP contribution in [0.25, 0.3) is 0 Å². The van der Waals surface area contributed by atoms with Crippen LogP contribution in [0, 0.1) is 5.82 Å². The first-order valence-electron chi connectivity index (χ1n) is 8.86. The fourth-order valence-corrected chi connectivity index (χ4v) is 3.67. The van der Waals surface area contributed by atoms with E-state index in [-0.39, 0.29) is 11.9 Å². The maximum absolute atomic E-state index is 13.6. The largest absolute Gasteiger partial charge is 0.496 e. The van der Waals surface area contributed by atoms with Crippen LogP contribution in [0.15, 0.2) is 42.7 Å². The third-order valence-electron chi connectivity index (χ3n) is 4.93. The number of pyridine rings is 1. The van der Waals surface area contributed by atoms with E-state index in [0.717, 1.165) is 50.2 Å². The van der Waals surface area contributed by atoms with E-state index >= 15 is 0 Å². The summed E-state index contributed by atoms with van der Waals surface area (Å²) in [6, 6.07) is 8.91. The minimum atomic E-state index is -0.197. The zero-order valence-electron chi connectivity index (χ0n) is 14.7. The van der Waals surface area contributed by atoms with Gasteiger partial charge in [-0.25, -0.2) is 4.39 Å². The van der Waals surface area contributed by atoms with Crippen molar-refractivity contribution in [3.8, 4) is 5.75 Å². The van der Waals surface area contributed by atoms with E-state index < -0.39 is 0 Å². The maximum atomic E-state index is 13.6. The molecule has 0 bridgehead atoms. The van der Waals surface area contributed by atoms with Gasteiger partial charge in [0.2, 0.25) is 0 Å². The number of aromatic nitrogens is 1. The van der Waals surface area contributed by atoms with Crippen LogP contribution < -0.4 is 10.5 Å². The molecule has 1 aromatic carbocycles. The molecule has 5 heteroatoms. The van der Waals surface area contributed by atoms with Gasteiger partial charge in [0.15, 0.2) is 0 Å². The molecule has 1 fully saturated rings. The van der Waals surface area contributed by atoms with Crippen LogP contribution in [-0.4, -0.2) is 42.7 Å². The molecule has 1 saturated heterocycles. The number of piperidine rings is 1. The van der Waals surface area contributed by atoms with E-state index in [1.807, 2.05) is 12.3 Å². The van der Waals surface area contributed by atoms with E-state index in [1.165, 1.54) is 11.6 Å². The Hall–Kier alpha value is -1.98. The molecule has 1 aromatic heterocycles. The lowest BCUT2D eigenvalue weighted by molar-refractivity contribution is 0.199. The third-order valence-corrected chi connectivity index (χ3v) is 4.93. The fraction of sp³-hybridized carbons (Fsp3) is 0.450. The van der Waals surface area contributed by atoms with E-state index in [9.17, 15) is 4.39 Å². The maximum Gasteiger partial charge on any atom is 0.123 e. The number of likely N-dealkylation sites (tertiary alicyclic amines) is 1. The van der Waals surface area contributed by atoms with Crippen molar-refractivity contribution in [3.05, 3.63) is 59.7 Å². The summed E-state index contributed by atoms with van der Waals surface area (Å²) in [7, 11) is 1.64. The van der Waals surface area contributed by atoms with Crippen molar-refractivity contribution in [2.24, 2.45) is 5.73 Å². The Morgan fingerprint density at radius 2 is 2.12 bits per heavy atom. The highest BCUT2D eigenvalue weighted by Crippen LogP contribution is 2.34. The molecule has 1 atom stereocenters. The highest BCUT2D eigenvalue weighted by molar-refractivity contribution is 5.37. The standard InChI is InChI=1S/C20H26FN3O/c1-25-20-5-4-17(21)12-19(20)16-6-9-24(10-7-16)14-18(22)11-15-3-2-8-23-13-15/h2-5,8,12-13,16,18H,6-7,9-11,14,22H2,1H3/t18-/m1/s1. The molecule has 4 nitrogen and oxygen atoms in total. The number of benzene rings is 1. The molecular weight excluding hydrogens is 317 g/mol. The number of rotatable bonds is 6. The van der Waals surface area contributed by atoms with Crippen LogP contribution in [0.5, 0.6) is 5.75 Å². The number of nitrogens with two attached hydrogens (primary N) is 1. The summed E-state index contributed by atoms with van der Waals surface area (Å²) >= 11 is 0. The van der Waals surface area contributed by atoms with Crippen LogP contribution in [0.1, 0.15) is 29.9 Å². The fourth-order valence-electron chi connectivity index (χ4n) is 3.67. The molecule has 0 aliphatic carbocycles. The van der Waals surface area contributed by atoms with Crippen molar-refractivity contribution in [2.45, 2.75) is 31.2 Å². The lowest BCUT2D eigenvalue weighted by Crippen LogP contribution is -2.42. The second-order valence-electron chi connectivity index (χ2n) is 6.79. The average molecular weight is 343 g/mol. The Bertz CT molecular complexity index is 672. The predicted molar refractivity (Wildman–Crippen MR) is 97.3 cm³/mol. The quantitative estimate of drug-likeness (QED) is 0.876. The second-order valence-corrected chi connectivity index (χ2v) is 6.79. The lowest BCUT2D eigenvalue weighted by Gasteiger charge is -2.34. The second kappa shape index (κ2) is 8.41. The van der Waals surface area contributed by atoms with Crippen molar-refractivity contribution >= 4 is 0 Å². The molecule has 2 aromatic rings. The highest BCUT2D eigenvalue weighted by Gasteiger charge is 2.24. The van der Waals surface area contributed by atoms with Gasteiger partial charge < -0.3 is 15.4 Å². The number of hydrogen-bond donors (Lipinski definition) is 1. The predicted octanol–water partition coefficient (Wildman–Crippen LogP) is 2.98. The molecule has 0 saturated carbocycles. The summed E-state index contributed by atoms with van der Waals surface area (Å²) in [5, 5.41) is 0. The molecule has 2 N–H and O–H groups in total. The molecule has 0 radical (unpaired) electrons.